The van der Waals surface area contributed by atoms with Gasteiger partial charge in [0.25, 0.3) is 5.92 Å². The summed E-state index contributed by atoms with van der Waals surface area (Å²) in [6.07, 6.45) is -0.714. The summed E-state index contributed by atoms with van der Waals surface area (Å²) >= 11 is 1.32. The van der Waals surface area contributed by atoms with E-state index in [1.807, 2.05) is 0 Å². The molecule has 94 valence electrons. The summed E-state index contributed by atoms with van der Waals surface area (Å²) in [5.74, 6) is -2.93. The van der Waals surface area contributed by atoms with Crippen LogP contribution in [0.3, 0.4) is 0 Å². The molecule has 0 aliphatic carbocycles. The molecule has 0 aromatic heterocycles. The average molecular weight is 268 g/mol. The Morgan fingerprint density at radius 3 is 3.00 bits per heavy atom. The quantitative estimate of drug-likeness (QED) is 0.916. The molecule has 0 bridgehead atoms. The lowest BCUT2D eigenvalue weighted by Crippen LogP contribution is -2.20. The van der Waals surface area contributed by atoms with Crippen molar-refractivity contribution in [3.8, 4) is 6.07 Å². The van der Waals surface area contributed by atoms with Gasteiger partial charge in [-0.1, -0.05) is 6.07 Å². The van der Waals surface area contributed by atoms with Gasteiger partial charge in [-0.3, -0.25) is 4.79 Å². The highest BCUT2D eigenvalue weighted by molar-refractivity contribution is 8.00. The second kappa shape index (κ2) is 4.94. The van der Waals surface area contributed by atoms with Crippen LogP contribution in [0.2, 0.25) is 0 Å². The molecule has 3 nitrogen and oxygen atoms in total. The largest absolute Gasteiger partial charge is 0.324 e. The van der Waals surface area contributed by atoms with E-state index in [0.717, 1.165) is 4.90 Å². The minimum Gasteiger partial charge on any atom is -0.324 e. The van der Waals surface area contributed by atoms with Gasteiger partial charge in [-0.15, -0.1) is 11.8 Å². The first kappa shape index (κ1) is 12.8. The highest BCUT2D eigenvalue weighted by atomic mass is 32.2. The number of hydrogen-bond donors (Lipinski definition) is 1. The van der Waals surface area contributed by atoms with Gasteiger partial charge < -0.3 is 5.32 Å². The molecule has 1 aromatic carbocycles. The maximum Gasteiger partial charge on any atom is 0.274 e. The maximum absolute atomic E-state index is 13.7. The second-order valence-corrected chi connectivity index (χ2v) is 4.93. The van der Waals surface area contributed by atoms with Crippen LogP contribution in [0.4, 0.5) is 14.5 Å². The van der Waals surface area contributed by atoms with Crippen molar-refractivity contribution in [2.45, 2.75) is 23.7 Å². The molecule has 1 N–H and O–H groups in total. The van der Waals surface area contributed by atoms with Gasteiger partial charge in [0.05, 0.1) is 17.5 Å². The molecule has 1 amide bonds. The van der Waals surface area contributed by atoms with Crippen molar-refractivity contribution < 1.29 is 13.6 Å². The number of benzene rings is 1. The van der Waals surface area contributed by atoms with Crippen molar-refractivity contribution in [1.29, 1.82) is 5.26 Å². The molecule has 0 saturated carbocycles. The third-order valence-corrected chi connectivity index (χ3v) is 3.66. The number of amides is 1. The minimum atomic E-state index is -3.04. The van der Waals surface area contributed by atoms with Crippen molar-refractivity contribution in [1.82, 2.24) is 0 Å². The van der Waals surface area contributed by atoms with Gasteiger partial charge >= 0.3 is 0 Å². The average Bonchev–Trinajstić information content (AvgIpc) is 2.35. The molecule has 0 atom stereocenters. The van der Waals surface area contributed by atoms with Crippen LogP contribution in [0.15, 0.2) is 23.1 Å². The first-order valence-corrected chi connectivity index (χ1v) is 6.33. The number of rotatable bonds is 3. The van der Waals surface area contributed by atoms with E-state index >= 15 is 0 Å². The summed E-state index contributed by atoms with van der Waals surface area (Å²) in [5, 5.41) is 10.9. The van der Waals surface area contributed by atoms with Crippen LogP contribution in [0.1, 0.15) is 18.4 Å². The number of thioether (sulfide) groups is 1. The number of nitrogens with zero attached hydrogens (tertiary/aromatic N) is 1. The Morgan fingerprint density at radius 2 is 2.28 bits per heavy atom. The predicted octanol–water partition coefficient (Wildman–Crippen LogP) is 3.13. The molecule has 0 saturated heterocycles. The van der Waals surface area contributed by atoms with Crippen LogP contribution in [-0.2, 0) is 10.7 Å². The standard InChI is InChI=1S/C12H10F2N2OS/c13-12(14,4-1-5-15)8-2-3-10-9(6-8)16-11(17)7-18-10/h2-3,6H,1,4,7H2,(H,16,17). The predicted molar refractivity (Wildman–Crippen MR) is 64.5 cm³/mol. The molecule has 0 spiro atoms. The minimum absolute atomic E-state index is 0.167. The van der Waals surface area contributed by atoms with E-state index in [1.165, 1.54) is 23.9 Å². The molecule has 0 fully saturated rings. The number of nitrogens with one attached hydrogen (secondary N) is 1. The molecule has 2 rings (SSSR count). The molecule has 6 heteroatoms. The lowest BCUT2D eigenvalue weighted by atomic mass is 10.0. The zero-order valence-electron chi connectivity index (χ0n) is 9.37. The van der Waals surface area contributed by atoms with Crippen LogP contribution >= 0.6 is 11.8 Å². The van der Waals surface area contributed by atoms with Crippen molar-refractivity contribution in [3.63, 3.8) is 0 Å². The molecule has 0 radical (unpaired) electrons. The Hall–Kier alpha value is -1.61. The number of carbonyl (C=O) groups is 1. The first-order chi connectivity index (χ1) is 8.53. The molecular weight excluding hydrogens is 258 g/mol. The fourth-order valence-corrected chi connectivity index (χ4v) is 2.46. The van der Waals surface area contributed by atoms with Crippen LogP contribution < -0.4 is 5.32 Å². The smallest absolute Gasteiger partial charge is 0.274 e. The molecule has 1 aliphatic heterocycles. The normalized spacial score (nSPS) is 14.6. The first-order valence-electron chi connectivity index (χ1n) is 5.35. The summed E-state index contributed by atoms with van der Waals surface area (Å²) in [6, 6.07) is 5.92. The molecule has 1 aliphatic rings. The lowest BCUT2D eigenvalue weighted by molar-refractivity contribution is -0.113. The van der Waals surface area contributed by atoms with E-state index in [0.29, 0.717) is 11.4 Å². The van der Waals surface area contributed by atoms with Gasteiger partial charge in [0, 0.05) is 23.3 Å². The third-order valence-electron chi connectivity index (χ3n) is 2.59. The second-order valence-electron chi connectivity index (χ2n) is 3.91. The van der Waals surface area contributed by atoms with Crippen LogP contribution in [0.5, 0.6) is 0 Å². The lowest BCUT2D eigenvalue weighted by Gasteiger charge is -2.20. The number of hydrogen-bond acceptors (Lipinski definition) is 3. The monoisotopic (exact) mass is 268 g/mol. The zero-order valence-corrected chi connectivity index (χ0v) is 10.2. The summed E-state index contributed by atoms with van der Waals surface area (Å²) in [4.78, 5) is 12.0. The Kier molecular flexibility index (Phi) is 3.53. The van der Waals surface area contributed by atoms with Gasteiger partial charge in [0.1, 0.15) is 0 Å². The van der Waals surface area contributed by atoms with E-state index in [9.17, 15) is 13.6 Å². The molecule has 18 heavy (non-hydrogen) atoms. The molecule has 0 unspecified atom stereocenters. The molecule has 1 heterocycles. The Morgan fingerprint density at radius 1 is 1.50 bits per heavy atom. The number of anilines is 1. The molecule has 1 aromatic rings. The van der Waals surface area contributed by atoms with E-state index < -0.39 is 12.3 Å². The third kappa shape index (κ3) is 2.62. The van der Waals surface area contributed by atoms with E-state index in [1.54, 1.807) is 12.1 Å². The number of nitriles is 1. The number of fused-ring (bicyclic) bond motifs is 1. The zero-order chi connectivity index (χ0) is 13.2. The van der Waals surface area contributed by atoms with Crippen LogP contribution in [0, 0.1) is 11.3 Å². The van der Waals surface area contributed by atoms with Crippen molar-refractivity contribution in [3.05, 3.63) is 23.8 Å². The van der Waals surface area contributed by atoms with Crippen molar-refractivity contribution in [2.75, 3.05) is 11.1 Å². The highest BCUT2D eigenvalue weighted by Gasteiger charge is 2.32. The van der Waals surface area contributed by atoms with Gasteiger partial charge in [-0.05, 0) is 12.1 Å². The van der Waals surface area contributed by atoms with Gasteiger partial charge in [0.2, 0.25) is 5.91 Å². The topological polar surface area (TPSA) is 52.9 Å². The maximum atomic E-state index is 13.7. The molecular formula is C12H10F2N2OS. The highest BCUT2D eigenvalue weighted by Crippen LogP contribution is 2.38. The fraction of sp³-hybridized carbons (Fsp3) is 0.333. The number of carbonyl (C=O) groups excluding carboxylic acids is 1. The van der Waals surface area contributed by atoms with Crippen LogP contribution in [-0.4, -0.2) is 11.7 Å². The summed E-state index contributed by atoms with van der Waals surface area (Å²) in [5.41, 5.74) is 0.254. The number of alkyl halides is 2. The van der Waals surface area contributed by atoms with E-state index in [-0.39, 0.29) is 17.9 Å². The summed E-state index contributed by atoms with van der Waals surface area (Å²) in [7, 11) is 0. The SMILES string of the molecule is N#CCCC(F)(F)c1ccc2c(c1)NC(=O)CS2. The fourth-order valence-electron chi connectivity index (χ4n) is 1.67. The van der Waals surface area contributed by atoms with Crippen molar-refractivity contribution in [2.24, 2.45) is 0 Å². The summed E-state index contributed by atoms with van der Waals surface area (Å²) < 4.78 is 27.5. The Balaban J connectivity index is 2.28. The van der Waals surface area contributed by atoms with Gasteiger partial charge in [-0.2, -0.15) is 5.26 Å². The van der Waals surface area contributed by atoms with Crippen molar-refractivity contribution >= 4 is 23.4 Å². The Bertz CT molecular complexity index is 525. The summed E-state index contributed by atoms with van der Waals surface area (Å²) in [6.45, 7) is 0. The van der Waals surface area contributed by atoms with Gasteiger partial charge in [-0.25, -0.2) is 8.78 Å². The number of halogens is 2. The van der Waals surface area contributed by atoms with E-state index in [4.69, 9.17) is 5.26 Å². The van der Waals surface area contributed by atoms with Gasteiger partial charge in [0.15, 0.2) is 0 Å². The van der Waals surface area contributed by atoms with Crippen LogP contribution in [0.25, 0.3) is 0 Å². The van der Waals surface area contributed by atoms with E-state index in [2.05, 4.69) is 5.32 Å². The Labute approximate surface area is 107 Å².